The van der Waals surface area contributed by atoms with E-state index >= 15 is 0 Å². The van der Waals surface area contributed by atoms with Crippen LogP contribution in [0.5, 0.6) is 0 Å². The summed E-state index contributed by atoms with van der Waals surface area (Å²) in [4.78, 5) is 28.6. The van der Waals surface area contributed by atoms with Gasteiger partial charge in [-0.05, 0) is 44.0 Å². The third-order valence-electron chi connectivity index (χ3n) is 5.34. The van der Waals surface area contributed by atoms with Gasteiger partial charge in [0.15, 0.2) is 0 Å². The van der Waals surface area contributed by atoms with E-state index in [9.17, 15) is 14.7 Å². The lowest BCUT2D eigenvalue weighted by atomic mass is 10.1. The molecule has 0 spiro atoms. The zero-order chi connectivity index (χ0) is 19.7. The lowest BCUT2D eigenvalue weighted by Crippen LogP contribution is -2.54. The highest BCUT2D eigenvalue weighted by molar-refractivity contribution is 5.93. The highest BCUT2D eigenvalue weighted by Gasteiger charge is 2.28. The Morgan fingerprint density at radius 3 is 2.59 bits per heavy atom. The number of carbonyl (C=O) groups is 2. The Balaban J connectivity index is 1.71. The van der Waals surface area contributed by atoms with Crippen LogP contribution in [0.3, 0.4) is 0 Å². The predicted molar refractivity (Wildman–Crippen MR) is 105 cm³/mol. The van der Waals surface area contributed by atoms with E-state index < -0.39 is 5.97 Å². The van der Waals surface area contributed by atoms with Gasteiger partial charge in [0.25, 0.3) is 0 Å². The Bertz CT molecular complexity index is 872. The summed E-state index contributed by atoms with van der Waals surface area (Å²) in [5, 5.41) is 9.46. The van der Waals surface area contributed by atoms with Crippen LogP contribution < -0.4 is 4.90 Å². The summed E-state index contributed by atoms with van der Waals surface area (Å²) in [6, 6.07) is 8.61. The molecule has 1 N–H and O–H groups in total. The Morgan fingerprint density at radius 1 is 1.22 bits per heavy atom. The Hall–Kier alpha value is -2.76. The maximum Gasteiger partial charge on any atom is 0.337 e. The molecule has 1 aromatic carbocycles. The van der Waals surface area contributed by atoms with Crippen molar-refractivity contribution in [2.45, 2.75) is 33.2 Å². The predicted octanol–water partition coefficient (Wildman–Crippen LogP) is 2.62. The van der Waals surface area contributed by atoms with E-state index in [0.717, 1.165) is 6.54 Å². The average molecular weight is 369 g/mol. The first-order valence-electron chi connectivity index (χ1n) is 9.27. The van der Waals surface area contributed by atoms with Gasteiger partial charge in [0.2, 0.25) is 5.91 Å². The molecule has 1 aliphatic heterocycles. The monoisotopic (exact) mass is 369 g/mol. The molecule has 6 nitrogen and oxygen atoms in total. The quantitative estimate of drug-likeness (QED) is 0.900. The molecule has 1 amide bonds. The summed E-state index contributed by atoms with van der Waals surface area (Å²) in [6.45, 7) is 8.02. The number of aryl methyl sites for hydroxylation is 3. The minimum atomic E-state index is -0.978. The van der Waals surface area contributed by atoms with Gasteiger partial charge in [0, 0.05) is 50.3 Å². The fourth-order valence-electron chi connectivity index (χ4n) is 3.97. The van der Waals surface area contributed by atoms with Crippen LogP contribution in [-0.4, -0.2) is 52.1 Å². The number of hydrogen-bond donors (Lipinski definition) is 1. The SMILES string of the molecule is Cc1cccc(N2CCN(C(=O)Cc3c(C(=O)O)c(C)cn3C)C[C@H]2C)c1. The number of hydrogen-bond acceptors (Lipinski definition) is 3. The van der Waals surface area contributed by atoms with Gasteiger partial charge in [-0.15, -0.1) is 0 Å². The molecule has 1 fully saturated rings. The number of rotatable bonds is 4. The van der Waals surface area contributed by atoms with E-state index in [-0.39, 0.29) is 23.9 Å². The molecule has 1 atom stereocenters. The molecule has 6 heteroatoms. The molecular formula is C21H27N3O3. The molecule has 144 valence electrons. The van der Waals surface area contributed by atoms with E-state index in [2.05, 4.69) is 43.0 Å². The van der Waals surface area contributed by atoms with Crippen LogP contribution in [-0.2, 0) is 18.3 Å². The van der Waals surface area contributed by atoms with Gasteiger partial charge in [-0.25, -0.2) is 4.79 Å². The standard InChI is InChI=1S/C21H27N3O3/c1-14-6-5-7-17(10-14)24-9-8-23(13-16(24)3)19(25)11-18-20(21(26)27)15(2)12-22(18)4/h5-7,10,12,16H,8-9,11,13H2,1-4H3,(H,26,27)/t16-/m1/s1. The molecule has 2 aromatic rings. The minimum Gasteiger partial charge on any atom is -0.478 e. The van der Waals surface area contributed by atoms with Crippen LogP contribution in [0.1, 0.15) is 34.1 Å². The molecule has 0 saturated carbocycles. The minimum absolute atomic E-state index is 0.0190. The van der Waals surface area contributed by atoms with E-state index in [1.807, 2.05) is 4.90 Å². The summed E-state index contributed by atoms with van der Waals surface area (Å²) in [5.41, 5.74) is 3.90. The van der Waals surface area contributed by atoms with Crippen LogP contribution >= 0.6 is 0 Å². The van der Waals surface area contributed by atoms with Crippen LogP contribution in [0.25, 0.3) is 0 Å². The van der Waals surface area contributed by atoms with Crippen LogP contribution in [0.15, 0.2) is 30.5 Å². The molecular weight excluding hydrogens is 342 g/mol. The van der Waals surface area contributed by atoms with E-state index in [0.29, 0.717) is 24.3 Å². The first kappa shape index (κ1) is 19.0. The van der Waals surface area contributed by atoms with Gasteiger partial charge >= 0.3 is 5.97 Å². The van der Waals surface area contributed by atoms with Gasteiger partial charge in [-0.1, -0.05) is 12.1 Å². The molecule has 27 heavy (non-hydrogen) atoms. The number of aromatic carboxylic acids is 1. The maximum absolute atomic E-state index is 12.8. The van der Waals surface area contributed by atoms with Gasteiger partial charge in [-0.2, -0.15) is 0 Å². The number of amides is 1. The van der Waals surface area contributed by atoms with Crippen molar-refractivity contribution in [3.8, 4) is 0 Å². The van der Waals surface area contributed by atoms with Crippen molar-refractivity contribution in [1.82, 2.24) is 9.47 Å². The summed E-state index contributed by atoms with van der Waals surface area (Å²) in [5.74, 6) is -0.997. The van der Waals surface area contributed by atoms with Crippen molar-refractivity contribution in [2.24, 2.45) is 7.05 Å². The zero-order valence-electron chi connectivity index (χ0n) is 16.4. The van der Waals surface area contributed by atoms with E-state index in [1.54, 1.807) is 24.7 Å². The van der Waals surface area contributed by atoms with Crippen molar-refractivity contribution in [3.63, 3.8) is 0 Å². The second-order valence-corrected chi connectivity index (χ2v) is 7.45. The molecule has 0 radical (unpaired) electrons. The molecule has 2 heterocycles. The number of aromatic nitrogens is 1. The Morgan fingerprint density at radius 2 is 1.96 bits per heavy atom. The molecule has 1 saturated heterocycles. The molecule has 0 bridgehead atoms. The van der Waals surface area contributed by atoms with Crippen LogP contribution in [0, 0.1) is 13.8 Å². The van der Waals surface area contributed by atoms with Gasteiger partial charge in [-0.3, -0.25) is 4.79 Å². The number of piperazine rings is 1. The number of anilines is 1. The summed E-state index contributed by atoms with van der Waals surface area (Å²) in [7, 11) is 1.79. The third kappa shape index (κ3) is 3.84. The van der Waals surface area contributed by atoms with Crippen molar-refractivity contribution in [3.05, 3.63) is 52.8 Å². The summed E-state index contributed by atoms with van der Waals surface area (Å²) >= 11 is 0. The lowest BCUT2D eigenvalue weighted by Gasteiger charge is -2.41. The number of benzene rings is 1. The maximum atomic E-state index is 12.8. The molecule has 0 aliphatic carbocycles. The van der Waals surface area contributed by atoms with Crippen molar-refractivity contribution in [1.29, 1.82) is 0 Å². The van der Waals surface area contributed by atoms with Crippen molar-refractivity contribution in [2.75, 3.05) is 24.5 Å². The largest absolute Gasteiger partial charge is 0.478 e. The fourth-order valence-corrected chi connectivity index (χ4v) is 3.97. The number of carbonyl (C=O) groups excluding carboxylic acids is 1. The average Bonchev–Trinajstić information content (AvgIpc) is 2.88. The lowest BCUT2D eigenvalue weighted by molar-refractivity contribution is -0.131. The van der Waals surface area contributed by atoms with Gasteiger partial charge in [0.05, 0.1) is 12.0 Å². The molecule has 1 aromatic heterocycles. The summed E-state index contributed by atoms with van der Waals surface area (Å²) < 4.78 is 1.75. The second kappa shape index (κ2) is 7.47. The molecule has 0 unspecified atom stereocenters. The number of nitrogens with zero attached hydrogens (tertiary/aromatic N) is 3. The van der Waals surface area contributed by atoms with Crippen LogP contribution in [0.2, 0.25) is 0 Å². The Kier molecular flexibility index (Phi) is 5.26. The first-order valence-corrected chi connectivity index (χ1v) is 9.27. The number of carboxylic acids is 1. The highest BCUT2D eigenvalue weighted by Crippen LogP contribution is 2.23. The fraction of sp³-hybridized carbons (Fsp3) is 0.429. The molecule has 1 aliphatic rings. The topological polar surface area (TPSA) is 65.8 Å². The first-order chi connectivity index (χ1) is 12.8. The van der Waals surface area contributed by atoms with Gasteiger partial charge in [0.1, 0.15) is 0 Å². The van der Waals surface area contributed by atoms with Crippen LogP contribution in [0.4, 0.5) is 5.69 Å². The van der Waals surface area contributed by atoms with E-state index in [4.69, 9.17) is 0 Å². The number of carboxylic acid groups (broad SMARTS) is 1. The van der Waals surface area contributed by atoms with Gasteiger partial charge < -0.3 is 19.5 Å². The normalized spacial score (nSPS) is 17.3. The van der Waals surface area contributed by atoms with E-state index in [1.165, 1.54) is 11.3 Å². The summed E-state index contributed by atoms with van der Waals surface area (Å²) in [6.07, 6.45) is 1.88. The smallest absolute Gasteiger partial charge is 0.337 e. The van der Waals surface area contributed by atoms with Crippen molar-refractivity contribution >= 4 is 17.6 Å². The molecule has 3 rings (SSSR count). The zero-order valence-corrected chi connectivity index (χ0v) is 16.4. The Labute approximate surface area is 160 Å². The van der Waals surface area contributed by atoms with Crippen molar-refractivity contribution < 1.29 is 14.7 Å². The highest BCUT2D eigenvalue weighted by atomic mass is 16.4. The third-order valence-corrected chi connectivity index (χ3v) is 5.34. The second-order valence-electron chi connectivity index (χ2n) is 7.45.